The summed E-state index contributed by atoms with van der Waals surface area (Å²) in [6, 6.07) is 1.29. The van der Waals surface area contributed by atoms with Gasteiger partial charge in [0.1, 0.15) is 5.01 Å². The molecule has 2 N–H and O–H groups in total. The molecule has 0 aliphatic carbocycles. The number of hydrogen-bond acceptors (Lipinski definition) is 4. The number of nitrogens with one attached hydrogen (secondary N) is 2. The smallest absolute Gasteiger partial charge is 0.221 e. The van der Waals surface area contributed by atoms with Crippen molar-refractivity contribution >= 4 is 42.1 Å². The lowest BCUT2D eigenvalue weighted by molar-refractivity contribution is -0.124. The normalized spacial score (nSPS) is 25.6. The summed E-state index contributed by atoms with van der Waals surface area (Å²) in [5.74, 6) is 0.705. The van der Waals surface area contributed by atoms with Crippen molar-refractivity contribution in [2.75, 3.05) is 0 Å². The van der Waals surface area contributed by atoms with Crippen LogP contribution in [-0.4, -0.2) is 23.0 Å². The lowest BCUT2D eigenvalue weighted by atomic mass is 9.89. The van der Waals surface area contributed by atoms with Gasteiger partial charge in [-0.05, 0) is 59.3 Å². The molecule has 1 aromatic rings. The molecule has 2 aliphatic rings. The van der Waals surface area contributed by atoms with Gasteiger partial charge in [0.15, 0.2) is 0 Å². The van der Waals surface area contributed by atoms with Crippen LogP contribution in [0.3, 0.4) is 0 Å². The van der Waals surface area contributed by atoms with Crippen molar-refractivity contribution in [3.8, 4) is 0 Å². The molecule has 1 amide bonds. The maximum Gasteiger partial charge on any atom is 0.221 e. The van der Waals surface area contributed by atoms with Gasteiger partial charge in [-0.25, -0.2) is 4.98 Å². The number of nitrogens with zero attached hydrogens (tertiary/aromatic N) is 1. The molecule has 0 radical (unpaired) electrons. The molecule has 3 rings (SSSR count). The van der Waals surface area contributed by atoms with Crippen LogP contribution in [0.25, 0.3) is 0 Å². The number of fused-ring (bicyclic) bond motifs is 2. The van der Waals surface area contributed by atoms with Crippen LogP contribution in [0.4, 0.5) is 0 Å². The summed E-state index contributed by atoms with van der Waals surface area (Å²) in [5, 5.41) is 7.84. The number of aromatic nitrogens is 1. The first-order chi connectivity index (χ1) is 10.3. The third kappa shape index (κ3) is 4.84. The Labute approximate surface area is 161 Å². The van der Waals surface area contributed by atoms with Gasteiger partial charge in [0, 0.05) is 23.4 Å². The standard InChI is InChI=1S/C17H27N3OS.2ClH/c1-10-11(2)22-16(18-10)17(3,4)20-15(21)9-12-7-13-5-6-14(8-12)19-13;;/h12-14,19H,5-9H2,1-4H3,(H,20,21);2*1H. The molecule has 0 saturated carbocycles. The molecule has 0 spiro atoms. The molecule has 2 aliphatic heterocycles. The summed E-state index contributed by atoms with van der Waals surface area (Å²) in [5.41, 5.74) is 0.685. The first-order valence-corrected chi connectivity index (χ1v) is 9.16. The van der Waals surface area contributed by atoms with Gasteiger partial charge >= 0.3 is 0 Å². The number of amides is 1. The van der Waals surface area contributed by atoms with Crippen molar-refractivity contribution in [2.24, 2.45) is 5.92 Å². The lowest BCUT2D eigenvalue weighted by Crippen LogP contribution is -2.44. The average molecular weight is 394 g/mol. The number of rotatable bonds is 4. The summed E-state index contributed by atoms with van der Waals surface area (Å²) in [6.07, 6.45) is 5.53. The molecule has 2 saturated heterocycles. The van der Waals surface area contributed by atoms with E-state index in [0.29, 0.717) is 24.4 Å². The Bertz CT molecular complexity index is 545. The summed E-state index contributed by atoms with van der Waals surface area (Å²) in [6.45, 7) is 8.21. The third-order valence-electron chi connectivity index (χ3n) is 5.06. The highest BCUT2D eigenvalue weighted by Crippen LogP contribution is 2.33. The Morgan fingerprint density at radius 2 is 1.83 bits per heavy atom. The zero-order chi connectivity index (χ0) is 15.9. The van der Waals surface area contributed by atoms with E-state index in [0.717, 1.165) is 23.5 Å². The van der Waals surface area contributed by atoms with Gasteiger partial charge < -0.3 is 10.6 Å². The summed E-state index contributed by atoms with van der Waals surface area (Å²) < 4.78 is 0. The van der Waals surface area contributed by atoms with E-state index >= 15 is 0 Å². The highest BCUT2D eigenvalue weighted by Gasteiger charge is 2.35. The lowest BCUT2D eigenvalue weighted by Gasteiger charge is -2.30. The van der Waals surface area contributed by atoms with Gasteiger partial charge in [0.25, 0.3) is 0 Å². The zero-order valence-corrected chi connectivity index (χ0v) is 17.3. The average Bonchev–Trinajstić information content (AvgIpc) is 2.93. The number of carbonyl (C=O) groups is 1. The fourth-order valence-electron chi connectivity index (χ4n) is 3.80. The first-order valence-electron chi connectivity index (χ1n) is 8.35. The van der Waals surface area contributed by atoms with Gasteiger partial charge in [0.05, 0.1) is 11.2 Å². The van der Waals surface area contributed by atoms with Crippen LogP contribution >= 0.6 is 36.2 Å². The predicted octanol–water partition coefficient (Wildman–Crippen LogP) is 3.88. The molecule has 3 heterocycles. The number of halogens is 2. The Kier molecular flexibility index (Phi) is 7.54. The van der Waals surface area contributed by atoms with Crippen LogP contribution < -0.4 is 10.6 Å². The van der Waals surface area contributed by atoms with Gasteiger partial charge in [-0.1, -0.05) is 0 Å². The molecule has 24 heavy (non-hydrogen) atoms. The van der Waals surface area contributed by atoms with Crippen molar-refractivity contribution in [1.82, 2.24) is 15.6 Å². The minimum Gasteiger partial charge on any atom is -0.345 e. The minimum absolute atomic E-state index is 0. The number of thiazole rings is 1. The molecule has 4 nitrogen and oxygen atoms in total. The second kappa shape index (κ2) is 8.35. The summed E-state index contributed by atoms with van der Waals surface area (Å²) in [4.78, 5) is 18.3. The monoisotopic (exact) mass is 393 g/mol. The number of piperidine rings is 1. The minimum atomic E-state index is -0.382. The van der Waals surface area contributed by atoms with Gasteiger partial charge in [-0.2, -0.15) is 0 Å². The van der Waals surface area contributed by atoms with E-state index < -0.39 is 0 Å². The van der Waals surface area contributed by atoms with E-state index in [2.05, 4.69) is 36.4 Å². The van der Waals surface area contributed by atoms with Gasteiger partial charge in [-0.15, -0.1) is 36.2 Å². The highest BCUT2D eigenvalue weighted by atomic mass is 35.5. The van der Waals surface area contributed by atoms with Crippen LogP contribution in [0.2, 0.25) is 0 Å². The molecule has 1 aromatic heterocycles. The molecule has 2 unspecified atom stereocenters. The Hall–Kier alpha value is -0.360. The van der Waals surface area contributed by atoms with Crippen molar-refractivity contribution in [1.29, 1.82) is 0 Å². The van der Waals surface area contributed by atoms with Crippen LogP contribution in [0.1, 0.15) is 61.5 Å². The van der Waals surface area contributed by atoms with Crippen molar-refractivity contribution in [3.63, 3.8) is 0 Å². The van der Waals surface area contributed by atoms with Crippen LogP contribution in [-0.2, 0) is 10.3 Å². The highest BCUT2D eigenvalue weighted by molar-refractivity contribution is 7.11. The van der Waals surface area contributed by atoms with Crippen LogP contribution in [0, 0.1) is 19.8 Å². The molecule has 0 aromatic carbocycles. The zero-order valence-electron chi connectivity index (χ0n) is 14.8. The van der Waals surface area contributed by atoms with Crippen LogP contribution in [0.5, 0.6) is 0 Å². The van der Waals surface area contributed by atoms with E-state index in [1.165, 1.54) is 17.7 Å². The first kappa shape index (κ1) is 21.7. The molecule has 2 fully saturated rings. The summed E-state index contributed by atoms with van der Waals surface area (Å²) >= 11 is 1.68. The van der Waals surface area contributed by atoms with E-state index in [4.69, 9.17) is 0 Å². The van der Waals surface area contributed by atoms with E-state index in [1.807, 2.05) is 6.92 Å². The van der Waals surface area contributed by atoms with Crippen molar-refractivity contribution in [3.05, 3.63) is 15.6 Å². The number of aryl methyl sites for hydroxylation is 2. The molecular weight excluding hydrogens is 365 g/mol. The molecule has 2 atom stereocenters. The predicted molar refractivity (Wildman–Crippen MR) is 105 cm³/mol. The number of hydrogen-bond donors (Lipinski definition) is 2. The molecule has 2 bridgehead atoms. The fraction of sp³-hybridized carbons (Fsp3) is 0.765. The second-order valence-corrected chi connectivity index (χ2v) is 8.72. The van der Waals surface area contributed by atoms with E-state index in [9.17, 15) is 4.79 Å². The topological polar surface area (TPSA) is 54.0 Å². The van der Waals surface area contributed by atoms with E-state index in [1.54, 1.807) is 11.3 Å². The quantitative estimate of drug-likeness (QED) is 0.815. The maximum absolute atomic E-state index is 12.5. The Balaban J connectivity index is 0.00000144. The van der Waals surface area contributed by atoms with Gasteiger partial charge in [0.2, 0.25) is 5.91 Å². The molecule has 138 valence electrons. The molecular formula is C17H29Cl2N3OS. The third-order valence-corrected chi connectivity index (χ3v) is 6.46. The van der Waals surface area contributed by atoms with E-state index in [-0.39, 0.29) is 36.3 Å². The SMILES string of the molecule is Cc1nc(C(C)(C)NC(=O)CC2CC3CCC(C2)N3)sc1C.Cl.Cl. The second-order valence-electron chi connectivity index (χ2n) is 7.51. The summed E-state index contributed by atoms with van der Waals surface area (Å²) in [7, 11) is 0. The maximum atomic E-state index is 12.5. The van der Waals surface area contributed by atoms with Crippen molar-refractivity contribution in [2.45, 2.75) is 77.4 Å². The fourth-order valence-corrected chi connectivity index (χ4v) is 4.77. The Morgan fingerprint density at radius 1 is 1.25 bits per heavy atom. The number of carbonyl (C=O) groups excluding carboxylic acids is 1. The molecule has 7 heteroatoms. The van der Waals surface area contributed by atoms with Gasteiger partial charge in [-0.3, -0.25) is 4.79 Å². The van der Waals surface area contributed by atoms with Crippen molar-refractivity contribution < 1.29 is 4.79 Å². The Morgan fingerprint density at radius 3 is 2.33 bits per heavy atom. The van der Waals surface area contributed by atoms with Crippen LogP contribution in [0.15, 0.2) is 0 Å². The largest absolute Gasteiger partial charge is 0.345 e.